The molecule has 2 unspecified atom stereocenters. The molecule has 0 radical (unpaired) electrons. The minimum atomic E-state index is 0.307. The average molecular weight is 278 g/mol. The van der Waals surface area contributed by atoms with Crippen LogP contribution in [0.25, 0.3) is 0 Å². The first-order valence-electron chi connectivity index (χ1n) is 7.33. The molecule has 1 saturated heterocycles. The Morgan fingerprint density at radius 1 is 1.30 bits per heavy atom. The topological polar surface area (TPSA) is 47.7 Å². The number of rotatable bonds is 5. The molecule has 0 amide bonds. The summed E-state index contributed by atoms with van der Waals surface area (Å²) in [5, 5.41) is 0. The zero-order valence-electron chi connectivity index (χ0n) is 12.8. The molecule has 2 atom stereocenters. The lowest BCUT2D eigenvalue weighted by Crippen LogP contribution is -2.42. The Balaban J connectivity index is 2.30. The van der Waals surface area contributed by atoms with Crippen molar-refractivity contribution in [3.8, 4) is 11.5 Å². The Hall–Kier alpha value is -1.26. The highest BCUT2D eigenvalue weighted by Gasteiger charge is 2.29. The predicted molar refractivity (Wildman–Crippen MR) is 81.6 cm³/mol. The van der Waals surface area contributed by atoms with Crippen LogP contribution in [0.15, 0.2) is 18.2 Å². The van der Waals surface area contributed by atoms with Crippen LogP contribution in [-0.2, 0) is 0 Å². The molecule has 20 heavy (non-hydrogen) atoms. The average Bonchev–Trinajstić information content (AvgIpc) is 2.50. The third-order valence-electron chi connectivity index (χ3n) is 4.39. The molecule has 1 aliphatic rings. The summed E-state index contributed by atoms with van der Waals surface area (Å²) >= 11 is 0. The van der Waals surface area contributed by atoms with Gasteiger partial charge < -0.3 is 20.1 Å². The lowest BCUT2D eigenvalue weighted by molar-refractivity contribution is 0.159. The fraction of sp³-hybridized carbons (Fsp3) is 0.625. The maximum absolute atomic E-state index is 6.08. The summed E-state index contributed by atoms with van der Waals surface area (Å²) in [6.45, 7) is 1.79. The van der Waals surface area contributed by atoms with E-state index in [1.54, 1.807) is 14.2 Å². The number of likely N-dealkylation sites (tertiary alicyclic amines) is 1. The molecule has 1 aliphatic heterocycles. The van der Waals surface area contributed by atoms with Crippen molar-refractivity contribution in [1.82, 2.24) is 4.90 Å². The zero-order chi connectivity index (χ0) is 14.5. The molecule has 1 heterocycles. The van der Waals surface area contributed by atoms with Gasteiger partial charge in [0.1, 0.15) is 11.5 Å². The van der Waals surface area contributed by atoms with Gasteiger partial charge in [0.05, 0.1) is 14.2 Å². The minimum Gasteiger partial charge on any atom is -0.497 e. The second kappa shape index (κ2) is 6.95. The van der Waals surface area contributed by atoms with Gasteiger partial charge in [-0.05, 0) is 32.5 Å². The van der Waals surface area contributed by atoms with Gasteiger partial charge in [0.2, 0.25) is 0 Å². The van der Waals surface area contributed by atoms with Gasteiger partial charge in [-0.2, -0.15) is 0 Å². The highest BCUT2D eigenvalue weighted by molar-refractivity contribution is 5.43. The van der Waals surface area contributed by atoms with Gasteiger partial charge in [0, 0.05) is 30.1 Å². The molecular weight excluding hydrogens is 252 g/mol. The van der Waals surface area contributed by atoms with Crippen molar-refractivity contribution in [2.75, 3.05) is 34.4 Å². The van der Waals surface area contributed by atoms with Crippen LogP contribution in [0.4, 0.5) is 0 Å². The Morgan fingerprint density at radius 2 is 2.10 bits per heavy atom. The molecule has 0 aliphatic carbocycles. The van der Waals surface area contributed by atoms with Gasteiger partial charge in [0.15, 0.2) is 0 Å². The normalized spacial score (nSPS) is 21.5. The first kappa shape index (κ1) is 15.1. The lowest BCUT2D eigenvalue weighted by Gasteiger charge is -2.38. The molecule has 1 aromatic rings. The number of nitrogens with zero attached hydrogens (tertiary/aromatic N) is 1. The van der Waals surface area contributed by atoms with E-state index in [0.717, 1.165) is 18.0 Å². The second-order valence-electron chi connectivity index (χ2n) is 5.49. The van der Waals surface area contributed by atoms with E-state index in [1.807, 2.05) is 12.1 Å². The van der Waals surface area contributed by atoms with Crippen LogP contribution >= 0.6 is 0 Å². The van der Waals surface area contributed by atoms with E-state index in [4.69, 9.17) is 15.2 Å². The van der Waals surface area contributed by atoms with E-state index in [-0.39, 0.29) is 0 Å². The monoisotopic (exact) mass is 278 g/mol. The molecule has 0 saturated carbocycles. The fourth-order valence-electron chi connectivity index (χ4n) is 3.23. The number of hydrogen-bond donors (Lipinski definition) is 1. The molecule has 2 N–H and O–H groups in total. The lowest BCUT2D eigenvalue weighted by atomic mass is 9.85. The van der Waals surface area contributed by atoms with Gasteiger partial charge in [-0.25, -0.2) is 0 Å². The number of ether oxygens (including phenoxy) is 2. The highest BCUT2D eigenvalue weighted by Crippen LogP contribution is 2.36. The quantitative estimate of drug-likeness (QED) is 0.897. The molecule has 112 valence electrons. The second-order valence-corrected chi connectivity index (χ2v) is 5.49. The van der Waals surface area contributed by atoms with Crippen LogP contribution in [-0.4, -0.2) is 45.3 Å². The van der Waals surface area contributed by atoms with Crippen molar-refractivity contribution in [1.29, 1.82) is 0 Å². The Labute approximate surface area is 121 Å². The molecular formula is C16H26N2O2. The standard InChI is InChI=1S/C16H26N2O2/c1-18-9-5-4-6-15(18)14(11-17)13-8-7-12(19-2)10-16(13)20-3/h7-8,10,14-15H,4-6,9,11,17H2,1-3H3. The summed E-state index contributed by atoms with van der Waals surface area (Å²) in [5.74, 6) is 2.00. The number of likely N-dealkylation sites (N-methyl/N-ethyl adjacent to an activating group) is 1. The Kier molecular flexibility index (Phi) is 5.26. The molecule has 0 bridgehead atoms. The number of nitrogens with two attached hydrogens (primary N) is 1. The number of hydrogen-bond acceptors (Lipinski definition) is 4. The van der Waals surface area contributed by atoms with Crippen LogP contribution in [0, 0.1) is 0 Å². The smallest absolute Gasteiger partial charge is 0.126 e. The molecule has 4 heteroatoms. The number of methoxy groups -OCH3 is 2. The predicted octanol–water partition coefficient (Wildman–Crippen LogP) is 2.23. The van der Waals surface area contributed by atoms with E-state index in [2.05, 4.69) is 18.0 Å². The summed E-state index contributed by atoms with van der Waals surface area (Å²) in [6, 6.07) is 6.53. The van der Waals surface area contributed by atoms with E-state index < -0.39 is 0 Å². The van der Waals surface area contributed by atoms with Gasteiger partial charge in [-0.3, -0.25) is 0 Å². The SMILES string of the molecule is COc1ccc(C(CN)C2CCCCN2C)c(OC)c1. The van der Waals surface area contributed by atoms with Crippen molar-refractivity contribution >= 4 is 0 Å². The maximum Gasteiger partial charge on any atom is 0.126 e. The Morgan fingerprint density at radius 3 is 2.70 bits per heavy atom. The zero-order valence-corrected chi connectivity index (χ0v) is 12.8. The summed E-state index contributed by atoms with van der Waals surface area (Å²) in [7, 11) is 5.57. The first-order valence-corrected chi connectivity index (χ1v) is 7.33. The van der Waals surface area contributed by atoms with Gasteiger partial charge in [0.25, 0.3) is 0 Å². The third-order valence-corrected chi connectivity index (χ3v) is 4.39. The van der Waals surface area contributed by atoms with Crippen LogP contribution in [0.1, 0.15) is 30.7 Å². The minimum absolute atomic E-state index is 0.307. The van der Waals surface area contributed by atoms with Gasteiger partial charge in [-0.15, -0.1) is 0 Å². The largest absolute Gasteiger partial charge is 0.497 e. The van der Waals surface area contributed by atoms with E-state index in [1.165, 1.54) is 24.8 Å². The molecule has 2 rings (SSSR count). The van der Waals surface area contributed by atoms with Crippen molar-refractivity contribution < 1.29 is 9.47 Å². The van der Waals surface area contributed by atoms with E-state index >= 15 is 0 Å². The Bertz CT molecular complexity index is 436. The summed E-state index contributed by atoms with van der Waals surface area (Å²) in [5.41, 5.74) is 7.27. The van der Waals surface area contributed by atoms with Crippen LogP contribution in [0.3, 0.4) is 0 Å². The van der Waals surface area contributed by atoms with Crippen molar-refractivity contribution in [2.24, 2.45) is 5.73 Å². The number of benzene rings is 1. The van der Waals surface area contributed by atoms with Crippen molar-refractivity contribution in [3.63, 3.8) is 0 Å². The van der Waals surface area contributed by atoms with E-state index in [9.17, 15) is 0 Å². The summed E-state index contributed by atoms with van der Waals surface area (Å²) in [4.78, 5) is 2.44. The van der Waals surface area contributed by atoms with E-state index in [0.29, 0.717) is 18.5 Å². The number of piperidine rings is 1. The van der Waals surface area contributed by atoms with Crippen LogP contribution in [0.2, 0.25) is 0 Å². The molecule has 0 spiro atoms. The summed E-state index contributed by atoms with van der Waals surface area (Å²) in [6.07, 6.45) is 3.77. The molecule has 4 nitrogen and oxygen atoms in total. The van der Waals surface area contributed by atoms with Crippen molar-refractivity contribution in [2.45, 2.75) is 31.2 Å². The van der Waals surface area contributed by atoms with Crippen LogP contribution < -0.4 is 15.2 Å². The highest BCUT2D eigenvalue weighted by atomic mass is 16.5. The first-order chi connectivity index (χ1) is 9.71. The van der Waals surface area contributed by atoms with Gasteiger partial charge >= 0.3 is 0 Å². The molecule has 1 aromatic carbocycles. The molecule has 0 aromatic heterocycles. The van der Waals surface area contributed by atoms with Gasteiger partial charge in [-0.1, -0.05) is 12.5 Å². The van der Waals surface area contributed by atoms with Crippen LogP contribution in [0.5, 0.6) is 11.5 Å². The maximum atomic E-state index is 6.08. The van der Waals surface area contributed by atoms with Crippen molar-refractivity contribution in [3.05, 3.63) is 23.8 Å². The third kappa shape index (κ3) is 3.07. The summed E-state index contributed by atoms with van der Waals surface area (Å²) < 4.78 is 10.8. The fourth-order valence-corrected chi connectivity index (χ4v) is 3.23. The molecule has 1 fully saturated rings.